The zero-order valence-corrected chi connectivity index (χ0v) is 12.4. The van der Waals surface area contributed by atoms with Gasteiger partial charge in [0.05, 0.1) is 0 Å². The van der Waals surface area contributed by atoms with Crippen LogP contribution in [0.3, 0.4) is 0 Å². The first-order valence-corrected chi connectivity index (χ1v) is 8.07. The maximum absolute atomic E-state index is 13.2. The zero-order valence-electron chi connectivity index (χ0n) is 12.4. The van der Waals surface area contributed by atoms with E-state index in [-0.39, 0.29) is 11.8 Å². The molecule has 1 N–H and O–H groups in total. The molecule has 3 nitrogen and oxygen atoms in total. The molecule has 114 valence electrons. The van der Waals surface area contributed by atoms with Crippen LogP contribution >= 0.6 is 0 Å². The van der Waals surface area contributed by atoms with Gasteiger partial charge >= 0.3 is 6.03 Å². The van der Waals surface area contributed by atoms with Gasteiger partial charge in [-0.15, -0.1) is 0 Å². The fourth-order valence-corrected chi connectivity index (χ4v) is 3.82. The molecule has 0 spiro atoms. The number of rotatable bonds is 2. The number of nitrogens with one attached hydrogen (secondary N) is 1. The van der Waals surface area contributed by atoms with Crippen molar-refractivity contribution in [3.8, 4) is 0 Å². The van der Waals surface area contributed by atoms with Crippen LogP contribution in [-0.4, -0.2) is 23.5 Å². The van der Waals surface area contributed by atoms with E-state index in [1.165, 1.54) is 44.2 Å². The Morgan fingerprint density at radius 2 is 1.95 bits per heavy atom. The van der Waals surface area contributed by atoms with Crippen molar-refractivity contribution in [2.24, 2.45) is 5.92 Å². The number of nitrogens with zero attached hydrogens (tertiary/aromatic N) is 1. The minimum Gasteiger partial charge on any atom is -0.321 e. The van der Waals surface area contributed by atoms with E-state index in [0.717, 1.165) is 19.4 Å². The van der Waals surface area contributed by atoms with E-state index in [0.29, 0.717) is 17.6 Å². The average Bonchev–Trinajstić information content (AvgIpc) is 2.98. The molecule has 1 unspecified atom stereocenters. The van der Waals surface area contributed by atoms with Crippen molar-refractivity contribution < 1.29 is 9.18 Å². The van der Waals surface area contributed by atoms with Gasteiger partial charge in [0.1, 0.15) is 5.82 Å². The number of amides is 2. The summed E-state index contributed by atoms with van der Waals surface area (Å²) in [5, 5.41) is 2.84. The van der Waals surface area contributed by atoms with Gasteiger partial charge in [-0.2, -0.15) is 0 Å². The van der Waals surface area contributed by atoms with Gasteiger partial charge in [0.15, 0.2) is 0 Å². The summed E-state index contributed by atoms with van der Waals surface area (Å²) in [6.07, 6.45) is 8.60. The lowest BCUT2D eigenvalue weighted by atomic mass is 9.83. The second kappa shape index (κ2) is 6.46. The summed E-state index contributed by atoms with van der Waals surface area (Å²) in [4.78, 5) is 14.4. The van der Waals surface area contributed by atoms with Crippen LogP contribution in [0, 0.1) is 11.7 Å². The van der Waals surface area contributed by atoms with Crippen LogP contribution in [0.4, 0.5) is 14.9 Å². The third-order valence-electron chi connectivity index (χ3n) is 4.83. The molecule has 1 aliphatic carbocycles. The van der Waals surface area contributed by atoms with Crippen molar-refractivity contribution in [1.82, 2.24) is 4.90 Å². The molecule has 1 aliphatic heterocycles. The molecule has 1 saturated heterocycles. The standard InChI is InChI=1S/C17H23FN2O/c18-14-8-4-9-15(12-14)19-17(21)20-11-5-10-16(20)13-6-2-1-3-7-13/h4,8-9,12-13,16H,1-3,5-7,10-11H2,(H,19,21). The van der Waals surface area contributed by atoms with E-state index >= 15 is 0 Å². The molecule has 0 bridgehead atoms. The summed E-state index contributed by atoms with van der Waals surface area (Å²) in [7, 11) is 0. The first kappa shape index (κ1) is 14.4. The molecule has 21 heavy (non-hydrogen) atoms. The van der Waals surface area contributed by atoms with E-state index in [9.17, 15) is 9.18 Å². The molecule has 0 radical (unpaired) electrons. The number of benzene rings is 1. The van der Waals surface area contributed by atoms with Crippen molar-refractivity contribution in [2.75, 3.05) is 11.9 Å². The van der Waals surface area contributed by atoms with Gasteiger partial charge in [0.2, 0.25) is 0 Å². The number of urea groups is 1. The van der Waals surface area contributed by atoms with E-state index in [2.05, 4.69) is 5.32 Å². The van der Waals surface area contributed by atoms with Gasteiger partial charge < -0.3 is 10.2 Å². The first-order valence-electron chi connectivity index (χ1n) is 8.07. The SMILES string of the molecule is O=C(Nc1cccc(F)c1)N1CCCC1C1CCCCC1. The molecule has 2 aliphatic rings. The monoisotopic (exact) mass is 290 g/mol. The van der Waals surface area contributed by atoms with Gasteiger partial charge in [-0.3, -0.25) is 0 Å². The lowest BCUT2D eigenvalue weighted by Gasteiger charge is -2.34. The first-order chi connectivity index (χ1) is 10.2. The number of halogens is 1. The number of hydrogen-bond acceptors (Lipinski definition) is 1. The number of carbonyl (C=O) groups excluding carboxylic acids is 1. The Morgan fingerprint density at radius 3 is 2.71 bits per heavy atom. The van der Waals surface area contributed by atoms with E-state index in [1.807, 2.05) is 4.90 Å². The van der Waals surface area contributed by atoms with Crippen LogP contribution in [0.5, 0.6) is 0 Å². The van der Waals surface area contributed by atoms with Crippen LogP contribution in [0.2, 0.25) is 0 Å². The van der Waals surface area contributed by atoms with Crippen molar-refractivity contribution in [2.45, 2.75) is 51.0 Å². The molecule has 2 fully saturated rings. The lowest BCUT2D eigenvalue weighted by Crippen LogP contribution is -2.43. The van der Waals surface area contributed by atoms with E-state index < -0.39 is 0 Å². The Labute approximate surface area is 125 Å². The Balaban J connectivity index is 1.65. The van der Waals surface area contributed by atoms with Crippen LogP contribution in [-0.2, 0) is 0 Å². The molecule has 0 aromatic heterocycles. The molecule has 2 amide bonds. The third kappa shape index (κ3) is 3.36. The van der Waals surface area contributed by atoms with Gasteiger partial charge in [-0.05, 0) is 49.8 Å². The molecule has 1 saturated carbocycles. The number of likely N-dealkylation sites (tertiary alicyclic amines) is 1. The quantitative estimate of drug-likeness (QED) is 0.860. The molecule has 1 heterocycles. The molecular formula is C17H23FN2O. The lowest BCUT2D eigenvalue weighted by molar-refractivity contribution is 0.166. The van der Waals surface area contributed by atoms with Gasteiger partial charge in [0, 0.05) is 18.3 Å². The summed E-state index contributed by atoms with van der Waals surface area (Å²) >= 11 is 0. The Bertz CT molecular complexity index is 499. The van der Waals surface area contributed by atoms with Crippen LogP contribution < -0.4 is 5.32 Å². The predicted octanol–water partition coefficient (Wildman–Crippen LogP) is 4.40. The van der Waals surface area contributed by atoms with Gasteiger partial charge in [0.25, 0.3) is 0 Å². The van der Waals surface area contributed by atoms with Crippen molar-refractivity contribution in [3.05, 3.63) is 30.1 Å². The maximum atomic E-state index is 13.2. The van der Waals surface area contributed by atoms with Crippen LogP contribution in [0.1, 0.15) is 44.9 Å². The number of anilines is 1. The summed E-state index contributed by atoms with van der Waals surface area (Å²) in [5.41, 5.74) is 0.536. The van der Waals surface area contributed by atoms with E-state index in [1.54, 1.807) is 12.1 Å². The normalized spacial score (nSPS) is 23.3. The fourth-order valence-electron chi connectivity index (χ4n) is 3.82. The highest BCUT2D eigenvalue weighted by atomic mass is 19.1. The molecule has 4 heteroatoms. The van der Waals surface area contributed by atoms with Crippen molar-refractivity contribution in [1.29, 1.82) is 0 Å². The summed E-state index contributed by atoms with van der Waals surface area (Å²) in [6, 6.07) is 6.40. The Kier molecular flexibility index (Phi) is 4.42. The smallest absolute Gasteiger partial charge is 0.321 e. The number of carbonyl (C=O) groups is 1. The highest BCUT2D eigenvalue weighted by Crippen LogP contribution is 2.34. The third-order valence-corrected chi connectivity index (χ3v) is 4.83. The zero-order chi connectivity index (χ0) is 14.7. The van der Waals surface area contributed by atoms with Crippen molar-refractivity contribution >= 4 is 11.7 Å². The average molecular weight is 290 g/mol. The van der Waals surface area contributed by atoms with Gasteiger partial charge in [-0.1, -0.05) is 25.3 Å². The Morgan fingerprint density at radius 1 is 1.14 bits per heavy atom. The van der Waals surface area contributed by atoms with Gasteiger partial charge in [-0.25, -0.2) is 9.18 Å². The highest BCUT2D eigenvalue weighted by Gasteiger charge is 2.35. The molecule has 1 aromatic carbocycles. The second-order valence-electron chi connectivity index (χ2n) is 6.24. The summed E-state index contributed by atoms with van der Waals surface area (Å²) in [5.74, 6) is 0.331. The maximum Gasteiger partial charge on any atom is 0.322 e. The second-order valence-corrected chi connectivity index (χ2v) is 6.24. The Hall–Kier alpha value is -1.58. The summed E-state index contributed by atoms with van der Waals surface area (Å²) < 4.78 is 13.2. The largest absolute Gasteiger partial charge is 0.322 e. The predicted molar refractivity (Wildman–Crippen MR) is 81.7 cm³/mol. The van der Waals surface area contributed by atoms with E-state index in [4.69, 9.17) is 0 Å². The fraction of sp³-hybridized carbons (Fsp3) is 0.588. The molecule has 3 rings (SSSR count). The minimum atomic E-state index is -0.321. The van der Waals surface area contributed by atoms with Crippen LogP contribution in [0.25, 0.3) is 0 Å². The number of hydrogen-bond donors (Lipinski definition) is 1. The molecule has 1 aromatic rings. The van der Waals surface area contributed by atoms with Crippen LogP contribution in [0.15, 0.2) is 24.3 Å². The topological polar surface area (TPSA) is 32.3 Å². The van der Waals surface area contributed by atoms with Crippen molar-refractivity contribution in [3.63, 3.8) is 0 Å². The summed E-state index contributed by atoms with van der Waals surface area (Å²) in [6.45, 7) is 0.822. The molecule has 1 atom stereocenters. The highest BCUT2D eigenvalue weighted by molar-refractivity contribution is 5.89. The molecular weight excluding hydrogens is 267 g/mol. The minimum absolute atomic E-state index is 0.0753.